The summed E-state index contributed by atoms with van der Waals surface area (Å²) in [5.41, 5.74) is 1.39. The molecule has 0 saturated carbocycles. The van der Waals surface area contributed by atoms with Gasteiger partial charge in [0.15, 0.2) is 6.10 Å². The highest BCUT2D eigenvalue weighted by molar-refractivity contribution is 5.96. The monoisotopic (exact) mass is 354 g/mol. The van der Waals surface area contributed by atoms with E-state index in [1.165, 1.54) is 13.8 Å². The van der Waals surface area contributed by atoms with Crippen LogP contribution in [0.3, 0.4) is 0 Å². The predicted octanol–water partition coefficient (Wildman–Crippen LogP) is 2.05. The first-order valence-corrected chi connectivity index (χ1v) is 8.35. The van der Waals surface area contributed by atoms with Crippen molar-refractivity contribution in [3.8, 4) is 0 Å². The van der Waals surface area contributed by atoms with Crippen LogP contribution in [0.25, 0.3) is 0 Å². The summed E-state index contributed by atoms with van der Waals surface area (Å²) in [6, 6.07) is 17.1. The van der Waals surface area contributed by atoms with E-state index in [4.69, 9.17) is 4.74 Å². The summed E-state index contributed by atoms with van der Waals surface area (Å²) in [6.45, 7) is 3.35. The molecule has 2 aromatic carbocycles. The van der Waals surface area contributed by atoms with Gasteiger partial charge in [0.05, 0.1) is 0 Å². The predicted molar refractivity (Wildman–Crippen MR) is 97.2 cm³/mol. The molecule has 0 fully saturated rings. The number of nitrogens with one attached hydrogen (secondary N) is 2. The van der Waals surface area contributed by atoms with Crippen molar-refractivity contribution in [1.29, 1.82) is 0 Å². The van der Waals surface area contributed by atoms with Gasteiger partial charge in [-0.15, -0.1) is 0 Å². The van der Waals surface area contributed by atoms with E-state index in [1.54, 1.807) is 30.3 Å². The van der Waals surface area contributed by atoms with E-state index in [0.717, 1.165) is 5.56 Å². The molecule has 2 N–H and O–H groups in total. The molecule has 6 heteroatoms. The molecule has 0 aliphatic heterocycles. The molecule has 0 aliphatic rings. The molecule has 136 valence electrons. The second kappa shape index (κ2) is 9.36. The number of rotatable bonds is 7. The Morgan fingerprint density at radius 3 is 2.12 bits per heavy atom. The first-order chi connectivity index (χ1) is 12.5. The van der Waals surface area contributed by atoms with Crippen LogP contribution >= 0.6 is 0 Å². The molecule has 0 heterocycles. The maximum Gasteiger partial charge on any atom is 0.329 e. The minimum Gasteiger partial charge on any atom is -0.451 e. The average Bonchev–Trinajstić information content (AvgIpc) is 2.67. The molecule has 2 amide bonds. The molecule has 1 unspecified atom stereocenters. The normalized spacial score (nSPS) is 12.5. The molecule has 26 heavy (non-hydrogen) atoms. The van der Waals surface area contributed by atoms with Crippen LogP contribution in [0.2, 0.25) is 0 Å². The molecule has 2 atom stereocenters. The number of benzene rings is 2. The van der Waals surface area contributed by atoms with Gasteiger partial charge in [0, 0.05) is 12.1 Å². The third-order valence-corrected chi connectivity index (χ3v) is 3.71. The van der Waals surface area contributed by atoms with E-state index in [0.29, 0.717) is 12.1 Å². The van der Waals surface area contributed by atoms with Gasteiger partial charge in [-0.2, -0.15) is 0 Å². The highest BCUT2D eigenvalue weighted by Crippen LogP contribution is 2.02. The smallest absolute Gasteiger partial charge is 0.329 e. The average molecular weight is 354 g/mol. The number of hydrogen-bond donors (Lipinski definition) is 2. The summed E-state index contributed by atoms with van der Waals surface area (Å²) in [4.78, 5) is 36.2. The number of esters is 1. The molecule has 6 nitrogen and oxygen atoms in total. The van der Waals surface area contributed by atoms with Crippen molar-refractivity contribution in [3.05, 3.63) is 71.8 Å². The van der Waals surface area contributed by atoms with Gasteiger partial charge < -0.3 is 15.4 Å². The molecular formula is C20H22N2O4. The van der Waals surface area contributed by atoms with Crippen LogP contribution < -0.4 is 10.6 Å². The standard InChI is InChI=1S/C20H22N2O4/c1-14(22-19(24)17-11-7-4-8-12-17)20(25)26-15(2)18(23)21-13-16-9-5-3-6-10-16/h3-12,14-15H,13H2,1-2H3,(H,21,23)(H,22,24)/t14-,15?/m0/s1. The molecule has 0 aromatic heterocycles. The summed E-state index contributed by atoms with van der Waals surface area (Å²) < 4.78 is 5.13. The van der Waals surface area contributed by atoms with Crippen LogP contribution in [0, 0.1) is 0 Å². The first-order valence-electron chi connectivity index (χ1n) is 8.35. The summed E-state index contributed by atoms with van der Waals surface area (Å²) in [6.07, 6.45) is -0.956. The van der Waals surface area contributed by atoms with Crippen LogP contribution in [0.1, 0.15) is 29.8 Å². The van der Waals surface area contributed by atoms with Crippen LogP contribution in [0.4, 0.5) is 0 Å². The van der Waals surface area contributed by atoms with Crippen LogP contribution in [0.5, 0.6) is 0 Å². The van der Waals surface area contributed by atoms with Crippen molar-refractivity contribution in [1.82, 2.24) is 10.6 Å². The zero-order chi connectivity index (χ0) is 18.9. The second-order valence-electron chi connectivity index (χ2n) is 5.84. The summed E-state index contributed by atoms with van der Waals surface area (Å²) in [5.74, 6) is -1.45. The third-order valence-electron chi connectivity index (χ3n) is 3.71. The van der Waals surface area contributed by atoms with Gasteiger partial charge in [0.1, 0.15) is 6.04 Å². The SMILES string of the molecule is CC(OC(=O)[C@H](C)NC(=O)c1ccccc1)C(=O)NCc1ccccc1. The minimum absolute atomic E-state index is 0.349. The fourth-order valence-electron chi connectivity index (χ4n) is 2.19. The van der Waals surface area contributed by atoms with Gasteiger partial charge in [-0.05, 0) is 31.5 Å². The topological polar surface area (TPSA) is 84.5 Å². The van der Waals surface area contributed by atoms with E-state index in [9.17, 15) is 14.4 Å². The maximum absolute atomic E-state index is 12.1. The summed E-state index contributed by atoms with van der Waals surface area (Å²) >= 11 is 0. The van der Waals surface area contributed by atoms with Crippen LogP contribution in [0.15, 0.2) is 60.7 Å². The number of carbonyl (C=O) groups excluding carboxylic acids is 3. The van der Waals surface area contributed by atoms with Gasteiger partial charge in [0.25, 0.3) is 11.8 Å². The third kappa shape index (κ3) is 5.73. The molecule has 0 spiro atoms. The fourth-order valence-corrected chi connectivity index (χ4v) is 2.19. The molecule has 0 saturated heterocycles. The van der Waals surface area contributed by atoms with Crippen molar-refractivity contribution >= 4 is 17.8 Å². The quantitative estimate of drug-likeness (QED) is 0.746. The van der Waals surface area contributed by atoms with Crippen LogP contribution in [-0.2, 0) is 20.9 Å². The number of ether oxygens (including phenoxy) is 1. The molecule has 0 aliphatic carbocycles. The Bertz CT molecular complexity index is 747. The Morgan fingerprint density at radius 2 is 1.50 bits per heavy atom. The van der Waals surface area contributed by atoms with E-state index >= 15 is 0 Å². The number of carbonyl (C=O) groups is 3. The van der Waals surface area contributed by atoms with E-state index in [-0.39, 0.29) is 5.91 Å². The highest BCUT2D eigenvalue weighted by Gasteiger charge is 2.23. The van der Waals surface area contributed by atoms with E-state index in [2.05, 4.69) is 10.6 Å². The first kappa shape index (κ1) is 19.2. The lowest BCUT2D eigenvalue weighted by Gasteiger charge is -2.17. The van der Waals surface area contributed by atoms with Crippen molar-refractivity contribution < 1.29 is 19.1 Å². The molecule has 0 bridgehead atoms. The van der Waals surface area contributed by atoms with Gasteiger partial charge in [-0.25, -0.2) is 4.79 Å². The number of hydrogen-bond acceptors (Lipinski definition) is 4. The van der Waals surface area contributed by atoms with Crippen LogP contribution in [-0.4, -0.2) is 29.9 Å². The molecular weight excluding hydrogens is 332 g/mol. The molecule has 0 radical (unpaired) electrons. The van der Waals surface area contributed by atoms with Gasteiger partial charge in [-0.1, -0.05) is 48.5 Å². The van der Waals surface area contributed by atoms with Crippen molar-refractivity contribution in [2.45, 2.75) is 32.5 Å². The maximum atomic E-state index is 12.1. The Kier molecular flexibility index (Phi) is 6.91. The number of amides is 2. The lowest BCUT2D eigenvalue weighted by Crippen LogP contribution is -2.43. The Morgan fingerprint density at radius 1 is 0.923 bits per heavy atom. The Balaban J connectivity index is 1.79. The largest absolute Gasteiger partial charge is 0.451 e. The lowest BCUT2D eigenvalue weighted by atomic mass is 10.2. The van der Waals surface area contributed by atoms with E-state index < -0.39 is 24.0 Å². The minimum atomic E-state index is -0.956. The van der Waals surface area contributed by atoms with Crippen molar-refractivity contribution in [3.63, 3.8) is 0 Å². The highest BCUT2D eigenvalue weighted by atomic mass is 16.5. The Labute approximate surface area is 152 Å². The van der Waals surface area contributed by atoms with Gasteiger partial charge in [0.2, 0.25) is 0 Å². The zero-order valence-corrected chi connectivity index (χ0v) is 14.8. The zero-order valence-electron chi connectivity index (χ0n) is 14.8. The second-order valence-corrected chi connectivity index (χ2v) is 5.84. The van der Waals surface area contributed by atoms with E-state index in [1.807, 2.05) is 30.3 Å². The Hall–Kier alpha value is -3.15. The summed E-state index contributed by atoms with van der Waals surface area (Å²) in [5, 5.41) is 5.26. The van der Waals surface area contributed by atoms with Gasteiger partial charge >= 0.3 is 5.97 Å². The molecule has 2 rings (SSSR count). The lowest BCUT2D eigenvalue weighted by molar-refractivity contribution is -0.156. The summed E-state index contributed by atoms with van der Waals surface area (Å²) in [7, 11) is 0. The fraction of sp³-hybridized carbons (Fsp3) is 0.250. The van der Waals surface area contributed by atoms with Crippen molar-refractivity contribution in [2.75, 3.05) is 0 Å². The van der Waals surface area contributed by atoms with Gasteiger partial charge in [-0.3, -0.25) is 9.59 Å². The molecule has 2 aromatic rings. The van der Waals surface area contributed by atoms with Crippen molar-refractivity contribution in [2.24, 2.45) is 0 Å².